The summed E-state index contributed by atoms with van der Waals surface area (Å²) >= 11 is 0. The molecule has 1 aromatic heterocycles. The fourth-order valence-electron chi connectivity index (χ4n) is 3.46. The van der Waals surface area contributed by atoms with E-state index in [0.717, 1.165) is 22.6 Å². The summed E-state index contributed by atoms with van der Waals surface area (Å²) in [4.78, 5) is 25.9. The summed E-state index contributed by atoms with van der Waals surface area (Å²) in [6, 6.07) is 9.93. The average molecular weight is 356 g/mol. The molecule has 2 aromatic rings. The van der Waals surface area contributed by atoms with Crippen LogP contribution in [0.3, 0.4) is 0 Å². The van der Waals surface area contributed by atoms with Crippen LogP contribution >= 0.6 is 0 Å². The van der Waals surface area contributed by atoms with Crippen molar-refractivity contribution in [2.45, 2.75) is 33.3 Å². The number of hydrogen-bond acceptors (Lipinski definition) is 3. The molecule has 1 saturated heterocycles. The molecule has 0 aliphatic carbocycles. The predicted molar refractivity (Wildman–Crippen MR) is 97.9 cm³/mol. The van der Waals surface area contributed by atoms with Crippen LogP contribution in [0.5, 0.6) is 0 Å². The molecular weight excluding hydrogens is 332 g/mol. The molecular formula is C20H24N2O4. The van der Waals surface area contributed by atoms with Crippen molar-refractivity contribution in [3.05, 3.63) is 52.8 Å². The fourth-order valence-corrected chi connectivity index (χ4v) is 3.46. The lowest BCUT2D eigenvalue weighted by Gasteiger charge is -2.33. The highest BCUT2D eigenvalue weighted by molar-refractivity contribution is 5.98. The van der Waals surface area contributed by atoms with E-state index in [9.17, 15) is 9.59 Å². The van der Waals surface area contributed by atoms with Gasteiger partial charge in [0.1, 0.15) is 0 Å². The minimum Gasteiger partial charge on any atom is -0.481 e. The summed E-state index contributed by atoms with van der Waals surface area (Å²) < 4.78 is 7.56. The van der Waals surface area contributed by atoms with E-state index in [1.165, 1.54) is 0 Å². The summed E-state index contributed by atoms with van der Waals surface area (Å²) in [6.45, 7) is 7.10. The van der Waals surface area contributed by atoms with Crippen LogP contribution in [0.1, 0.15) is 33.7 Å². The van der Waals surface area contributed by atoms with Gasteiger partial charge in [-0.2, -0.15) is 0 Å². The summed E-state index contributed by atoms with van der Waals surface area (Å²) in [5.41, 5.74) is 4.61. The Hall–Kier alpha value is -2.60. The largest absolute Gasteiger partial charge is 0.481 e. The second-order valence-electron chi connectivity index (χ2n) is 6.81. The molecule has 0 radical (unpaired) electrons. The lowest BCUT2D eigenvalue weighted by Crippen LogP contribution is -2.46. The average Bonchev–Trinajstić information content (AvgIpc) is 2.92. The molecule has 2 heterocycles. The van der Waals surface area contributed by atoms with E-state index in [1.807, 2.05) is 51.1 Å². The SMILES string of the molecule is Cc1ccc(-n2c(C)ccc2C)c(C(=O)N2CCOC(CC(=O)O)C2)c1. The number of benzene rings is 1. The van der Waals surface area contributed by atoms with Crippen LogP contribution in [0.15, 0.2) is 30.3 Å². The third kappa shape index (κ3) is 3.65. The standard InChI is InChI=1S/C20H24N2O4/c1-13-4-7-18(22-14(2)5-6-15(22)3)17(10-13)20(25)21-8-9-26-16(12-21)11-19(23)24/h4-7,10,16H,8-9,11-12H2,1-3H3,(H,23,24). The Bertz CT molecular complexity index is 821. The Labute approximate surface area is 153 Å². The van der Waals surface area contributed by atoms with Gasteiger partial charge in [0.2, 0.25) is 0 Å². The van der Waals surface area contributed by atoms with Crippen LogP contribution in [0, 0.1) is 20.8 Å². The molecule has 1 aromatic carbocycles. The van der Waals surface area contributed by atoms with Crippen molar-refractivity contribution < 1.29 is 19.4 Å². The maximum atomic E-state index is 13.2. The first-order chi connectivity index (χ1) is 12.4. The molecule has 1 unspecified atom stereocenters. The Balaban J connectivity index is 1.94. The number of nitrogens with zero attached hydrogens (tertiary/aromatic N) is 2. The summed E-state index contributed by atoms with van der Waals surface area (Å²) in [7, 11) is 0. The number of rotatable bonds is 4. The lowest BCUT2D eigenvalue weighted by atomic mass is 10.1. The van der Waals surface area contributed by atoms with Crippen LogP contribution in [-0.2, 0) is 9.53 Å². The number of aryl methyl sites for hydroxylation is 3. The Morgan fingerprint density at radius 3 is 2.50 bits per heavy atom. The van der Waals surface area contributed by atoms with Crippen LogP contribution < -0.4 is 0 Å². The molecule has 6 nitrogen and oxygen atoms in total. The number of hydrogen-bond donors (Lipinski definition) is 1. The van der Waals surface area contributed by atoms with Gasteiger partial charge in [0.25, 0.3) is 5.91 Å². The van der Waals surface area contributed by atoms with Gasteiger partial charge < -0.3 is 19.3 Å². The van der Waals surface area contributed by atoms with Gasteiger partial charge in [-0.1, -0.05) is 11.6 Å². The third-order valence-corrected chi connectivity index (χ3v) is 4.72. The fraction of sp³-hybridized carbons (Fsp3) is 0.400. The minimum absolute atomic E-state index is 0.0881. The molecule has 6 heteroatoms. The molecule has 1 aliphatic rings. The number of aliphatic carboxylic acids is 1. The maximum Gasteiger partial charge on any atom is 0.306 e. The van der Waals surface area contributed by atoms with Crippen LogP contribution in [-0.4, -0.2) is 52.3 Å². The van der Waals surface area contributed by atoms with E-state index in [0.29, 0.717) is 25.3 Å². The highest BCUT2D eigenvalue weighted by Crippen LogP contribution is 2.24. The molecule has 0 saturated carbocycles. The summed E-state index contributed by atoms with van der Waals surface area (Å²) in [5, 5.41) is 8.99. The molecule has 1 N–H and O–H groups in total. The monoisotopic (exact) mass is 356 g/mol. The van der Waals surface area contributed by atoms with Crippen molar-refractivity contribution >= 4 is 11.9 Å². The van der Waals surface area contributed by atoms with Crippen molar-refractivity contribution in [3.8, 4) is 5.69 Å². The minimum atomic E-state index is -0.917. The first-order valence-electron chi connectivity index (χ1n) is 8.75. The van der Waals surface area contributed by atoms with E-state index in [2.05, 4.69) is 4.57 Å². The first kappa shape index (κ1) is 18.2. The number of carbonyl (C=O) groups excluding carboxylic acids is 1. The number of morpholine rings is 1. The highest BCUT2D eigenvalue weighted by atomic mass is 16.5. The van der Waals surface area contributed by atoms with E-state index < -0.39 is 12.1 Å². The molecule has 3 rings (SSSR count). The Kier molecular flexibility index (Phi) is 5.13. The van der Waals surface area contributed by atoms with Gasteiger partial charge in [0, 0.05) is 24.5 Å². The van der Waals surface area contributed by atoms with E-state index >= 15 is 0 Å². The number of carboxylic acid groups (broad SMARTS) is 1. The maximum absolute atomic E-state index is 13.2. The van der Waals surface area contributed by atoms with Gasteiger partial charge >= 0.3 is 5.97 Å². The van der Waals surface area contributed by atoms with E-state index in [-0.39, 0.29) is 12.3 Å². The molecule has 1 atom stereocenters. The first-order valence-corrected chi connectivity index (χ1v) is 8.75. The smallest absolute Gasteiger partial charge is 0.306 e. The quantitative estimate of drug-likeness (QED) is 0.914. The van der Waals surface area contributed by atoms with E-state index in [4.69, 9.17) is 9.84 Å². The van der Waals surface area contributed by atoms with Gasteiger partial charge in [-0.3, -0.25) is 9.59 Å². The van der Waals surface area contributed by atoms with Gasteiger partial charge in [-0.05, 0) is 45.0 Å². The van der Waals surface area contributed by atoms with Crippen LogP contribution in [0.2, 0.25) is 0 Å². The Morgan fingerprint density at radius 2 is 1.85 bits per heavy atom. The van der Waals surface area contributed by atoms with Crippen molar-refractivity contribution in [3.63, 3.8) is 0 Å². The van der Waals surface area contributed by atoms with Gasteiger partial charge in [-0.25, -0.2) is 0 Å². The van der Waals surface area contributed by atoms with Crippen molar-refractivity contribution in [1.82, 2.24) is 9.47 Å². The lowest BCUT2D eigenvalue weighted by molar-refractivity contribution is -0.141. The van der Waals surface area contributed by atoms with Gasteiger partial charge in [0.05, 0.1) is 30.4 Å². The molecule has 1 amide bonds. The summed E-state index contributed by atoms with van der Waals surface area (Å²) in [5.74, 6) is -1.01. The van der Waals surface area contributed by atoms with Crippen molar-refractivity contribution in [2.75, 3.05) is 19.7 Å². The van der Waals surface area contributed by atoms with Gasteiger partial charge in [0.15, 0.2) is 0 Å². The predicted octanol–water partition coefficient (Wildman–Crippen LogP) is 2.72. The molecule has 0 bridgehead atoms. The molecule has 0 spiro atoms. The molecule has 1 aliphatic heterocycles. The normalized spacial score (nSPS) is 17.3. The topological polar surface area (TPSA) is 71.8 Å². The van der Waals surface area contributed by atoms with Crippen LogP contribution in [0.4, 0.5) is 0 Å². The number of carbonyl (C=O) groups is 2. The number of carboxylic acids is 1. The molecule has 138 valence electrons. The van der Waals surface area contributed by atoms with Crippen molar-refractivity contribution in [2.24, 2.45) is 0 Å². The third-order valence-electron chi connectivity index (χ3n) is 4.72. The molecule has 1 fully saturated rings. The number of aromatic nitrogens is 1. The Morgan fingerprint density at radius 1 is 1.15 bits per heavy atom. The second-order valence-corrected chi connectivity index (χ2v) is 6.81. The zero-order valence-corrected chi connectivity index (χ0v) is 15.4. The highest BCUT2D eigenvalue weighted by Gasteiger charge is 2.28. The number of ether oxygens (including phenoxy) is 1. The summed E-state index contributed by atoms with van der Waals surface area (Å²) in [6.07, 6.45) is -0.561. The zero-order chi connectivity index (χ0) is 18.8. The van der Waals surface area contributed by atoms with E-state index in [1.54, 1.807) is 4.90 Å². The second kappa shape index (κ2) is 7.33. The molecule has 26 heavy (non-hydrogen) atoms. The van der Waals surface area contributed by atoms with Crippen LogP contribution in [0.25, 0.3) is 5.69 Å². The zero-order valence-electron chi connectivity index (χ0n) is 15.4. The van der Waals surface area contributed by atoms with Crippen molar-refractivity contribution in [1.29, 1.82) is 0 Å². The number of amides is 1. The van der Waals surface area contributed by atoms with Gasteiger partial charge in [-0.15, -0.1) is 0 Å².